The zero-order chi connectivity index (χ0) is 27.5. The van der Waals surface area contributed by atoms with Crippen molar-refractivity contribution in [2.24, 2.45) is 0 Å². The van der Waals surface area contributed by atoms with E-state index in [9.17, 15) is 4.57 Å². The van der Waals surface area contributed by atoms with E-state index in [0.29, 0.717) is 37.9 Å². The van der Waals surface area contributed by atoms with Gasteiger partial charge in [0.25, 0.3) is 0 Å². The Labute approximate surface area is 229 Å². The number of benzene rings is 3. The molecule has 0 aliphatic heterocycles. The minimum absolute atomic E-state index is 0.0840. The van der Waals surface area contributed by atoms with Crippen LogP contribution in [0.4, 0.5) is 0 Å². The molecule has 0 aromatic heterocycles. The van der Waals surface area contributed by atoms with Crippen molar-refractivity contribution >= 4 is 30.6 Å². The molecule has 0 heterocycles. The Balaban J connectivity index is 1.92. The van der Waals surface area contributed by atoms with E-state index in [4.69, 9.17) is 35.4 Å². The number of hydrogen-bond acceptors (Lipinski definition) is 5. The molecule has 0 spiro atoms. The van der Waals surface area contributed by atoms with E-state index in [0.717, 1.165) is 33.6 Å². The van der Waals surface area contributed by atoms with E-state index < -0.39 is 7.82 Å². The molecule has 0 fully saturated rings. The number of nitrogens with zero attached hydrogens (tertiary/aromatic N) is 1. The molecule has 0 amide bonds. The summed E-state index contributed by atoms with van der Waals surface area (Å²) < 4.78 is 27.3. The number of allylic oxidation sites excluding steroid dienone is 1. The van der Waals surface area contributed by atoms with E-state index in [-0.39, 0.29) is 5.75 Å². The summed E-state index contributed by atoms with van der Waals surface area (Å²) in [7, 11) is -2.75. The molecule has 3 aromatic rings. The van der Waals surface area contributed by atoms with Gasteiger partial charge in [0.15, 0.2) is 5.88 Å². The highest BCUT2D eigenvalue weighted by atomic mass is 35.5. The van der Waals surface area contributed by atoms with E-state index in [2.05, 4.69) is 6.58 Å². The van der Waals surface area contributed by atoms with Crippen LogP contribution < -0.4 is 9.26 Å². The third-order valence-corrected chi connectivity index (χ3v) is 6.35. The number of alkyl halides is 1. The Morgan fingerprint density at radius 2 is 1.50 bits per heavy atom. The van der Waals surface area contributed by atoms with Crippen molar-refractivity contribution in [2.45, 2.75) is 13.3 Å². The molecule has 0 radical (unpaired) electrons. The fraction of sp³-hybridized carbons (Fsp3) is 0.241. The van der Waals surface area contributed by atoms with Crippen molar-refractivity contribution in [3.05, 3.63) is 108 Å². The Morgan fingerprint density at radius 3 is 2.03 bits per heavy atom. The lowest BCUT2D eigenvalue weighted by Crippen LogP contribution is -2.24. The van der Waals surface area contributed by atoms with Gasteiger partial charge in [-0.25, -0.2) is 4.57 Å². The van der Waals surface area contributed by atoms with Crippen LogP contribution in [-0.2, 0) is 9.30 Å². The minimum Gasteiger partial charge on any atom is -0.492 e. The first-order valence-corrected chi connectivity index (χ1v) is 14.2. The Hall–Kier alpha value is -3.22. The number of likely N-dealkylation sites (N-methyl/N-ethyl adjacent to an activating group) is 1. The van der Waals surface area contributed by atoms with E-state index in [1.54, 1.807) is 24.3 Å². The normalized spacial score (nSPS) is 11.9. The van der Waals surface area contributed by atoms with Gasteiger partial charge in [-0.2, -0.15) is 0 Å². The molecule has 0 saturated heterocycles. The molecule has 0 atom stereocenters. The lowest BCUT2D eigenvalue weighted by atomic mass is 9.88. The molecule has 0 aliphatic carbocycles. The van der Waals surface area contributed by atoms with Gasteiger partial charge < -0.3 is 18.9 Å². The molecule has 0 aliphatic rings. The van der Waals surface area contributed by atoms with E-state index in [1.165, 1.54) is 0 Å². The SMILES string of the molecule is C=C(OCC)N(C)CCOc1ccc(/C(=C(/CCCl)c2ccccc2)c2ccc(OP(=O)(O)O)cc2)cc1. The summed E-state index contributed by atoms with van der Waals surface area (Å²) in [5.74, 6) is 1.84. The number of halogens is 1. The zero-order valence-corrected chi connectivity index (χ0v) is 23.2. The smallest absolute Gasteiger partial charge is 0.492 e. The van der Waals surface area contributed by atoms with Crippen LogP contribution in [0.2, 0.25) is 0 Å². The topological polar surface area (TPSA) is 88.5 Å². The summed E-state index contributed by atoms with van der Waals surface area (Å²) in [5.41, 5.74) is 4.85. The van der Waals surface area contributed by atoms with Crippen LogP contribution >= 0.6 is 19.4 Å². The predicted octanol–water partition coefficient (Wildman–Crippen LogP) is 6.56. The number of ether oxygens (including phenoxy) is 2. The molecule has 9 heteroatoms. The second kappa shape index (κ2) is 14.1. The fourth-order valence-corrected chi connectivity index (χ4v) is 4.49. The van der Waals surface area contributed by atoms with Gasteiger partial charge in [-0.15, -0.1) is 11.6 Å². The van der Waals surface area contributed by atoms with E-state index in [1.807, 2.05) is 73.5 Å². The lowest BCUT2D eigenvalue weighted by molar-refractivity contribution is 0.127. The maximum absolute atomic E-state index is 11.2. The van der Waals surface area contributed by atoms with Crippen molar-refractivity contribution in [3.8, 4) is 11.5 Å². The van der Waals surface area contributed by atoms with E-state index >= 15 is 0 Å². The summed E-state index contributed by atoms with van der Waals surface area (Å²) in [5, 5.41) is 0. The quantitative estimate of drug-likeness (QED) is 0.100. The number of phosphoric acid groups is 1. The van der Waals surface area contributed by atoms with Gasteiger partial charge in [-0.1, -0.05) is 54.6 Å². The van der Waals surface area contributed by atoms with Gasteiger partial charge in [0.2, 0.25) is 0 Å². The second-order valence-corrected chi connectivity index (χ2v) is 9.93. The molecule has 38 heavy (non-hydrogen) atoms. The van der Waals surface area contributed by atoms with Gasteiger partial charge in [0.1, 0.15) is 18.1 Å². The highest BCUT2D eigenvalue weighted by Crippen LogP contribution is 2.39. The molecule has 0 bridgehead atoms. The summed E-state index contributed by atoms with van der Waals surface area (Å²) >= 11 is 6.23. The number of hydrogen-bond donors (Lipinski definition) is 2. The monoisotopic (exact) mass is 557 g/mol. The average Bonchev–Trinajstić information content (AvgIpc) is 2.90. The predicted molar refractivity (Wildman–Crippen MR) is 152 cm³/mol. The molecule has 0 saturated carbocycles. The van der Waals surface area contributed by atoms with Crippen LogP contribution in [-0.4, -0.2) is 47.4 Å². The average molecular weight is 558 g/mol. The number of phosphoric ester groups is 1. The van der Waals surface area contributed by atoms with Crippen LogP contribution in [0, 0.1) is 0 Å². The fourth-order valence-electron chi connectivity index (χ4n) is 3.90. The molecular weight excluding hydrogens is 525 g/mol. The van der Waals surface area contributed by atoms with Crippen LogP contribution in [0.25, 0.3) is 11.1 Å². The summed E-state index contributed by atoms with van der Waals surface area (Å²) in [4.78, 5) is 20.2. The maximum Gasteiger partial charge on any atom is 0.524 e. The van der Waals surface area contributed by atoms with Crippen molar-refractivity contribution in [1.29, 1.82) is 0 Å². The number of rotatable bonds is 14. The van der Waals surface area contributed by atoms with Gasteiger partial charge in [-0.05, 0) is 72.0 Å². The van der Waals surface area contributed by atoms with Gasteiger partial charge in [0, 0.05) is 12.9 Å². The first kappa shape index (κ1) is 29.3. The minimum atomic E-state index is -4.65. The maximum atomic E-state index is 11.2. The van der Waals surface area contributed by atoms with Crippen molar-refractivity contribution in [1.82, 2.24) is 4.90 Å². The molecule has 0 unspecified atom stereocenters. The Morgan fingerprint density at radius 1 is 0.921 bits per heavy atom. The van der Waals surface area contributed by atoms with Crippen molar-refractivity contribution in [2.75, 3.05) is 32.7 Å². The first-order chi connectivity index (χ1) is 18.2. The summed E-state index contributed by atoms with van der Waals surface area (Å²) in [6, 6.07) is 24.5. The summed E-state index contributed by atoms with van der Waals surface area (Å²) in [6.07, 6.45) is 0.621. The van der Waals surface area contributed by atoms with Crippen LogP contribution in [0.1, 0.15) is 30.0 Å². The Kier molecular flexibility index (Phi) is 10.9. The second-order valence-electron chi connectivity index (χ2n) is 8.39. The third kappa shape index (κ3) is 8.67. The summed E-state index contributed by atoms with van der Waals surface area (Å²) in [6.45, 7) is 7.47. The molecule has 3 rings (SSSR count). The van der Waals surface area contributed by atoms with Crippen molar-refractivity contribution in [3.63, 3.8) is 0 Å². The highest BCUT2D eigenvalue weighted by Gasteiger charge is 2.18. The zero-order valence-electron chi connectivity index (χ0n) is 21.5. The molecule has 2 N–H and O–H groups in total. The van der Waals surface area contributed by atoms with Crippen LogP contribution in [0.3, 0.4) is 0 Å². The highest BCUT2D eigenvalue weighted by molar-refractivity contribution is 7.46. The molecule has 202 valence electrons. The molecule has 7 nitrogen and oxygen atoms in total. The standard InChI is InChI=1S/C29H33ClNO6P/c1-4-35-22(2)31(3)20-21-36-26-14-10-24(11-15-26)29(28(18-19-30)23-8-6-5-7-9-23)25-12-16-27(17-13-25)37-38(32,33)34/h5-17H,2,4,18-21H2,1,3H3,(H2,32,33,34)/b29-28+. The van der Waals surface area contributed by atoms with Crippen LogP contribution in [0.5, 0.6) is 11.5 Å². The third-order valence-electron chi connectivity index (χ3n) is 5.71. The van der Waals surface area contributed by atoms with Crippen molar-refractivity contribution < 1.29 is 28.3 Å². The lowest BCUT2D eigenvalue weighted by Gasteiger charge is -2.21. The van der Waals surface area contributed by atoms with Gasteiger partial charge in [-0.3, -0.25) is 9.79 Å². The van der Waals surface area contributed by atoms with Gasteiger partial charge >= 0.3 is 7.82 Å². The van der Waals surface area contributed by atoms with Crippen LogP contribution in [0.15, 0.2) is 91.3 Å². The Bertz CT molecular complexity index is 1260. The largest absolute Gasteiger partial charge is 0.524 e. The van der Waals surface area contributed by atoms with Gasteiger partial charge in [0.05, 0.1) is 13.2 Å². The molecule has 3 aromatic carbocycles. The first-order valence-electron chi connectivity index (χ1n) is 12.2. The molecular formula is C29H33ClNO6P.